The number of carbonyl (C=O) groups excluding carboxylic acids is 1. The Morgan fingerprint density at radius 2 is 1.91 bits per heavy atom. The molecule has 6 nitrogen and oxygen atoms in total. The minimum absolute atomic E-state index is 0. The van der Waals surface area contributed by atoms with Gasteiger partial charge in [-0.25, -0.2) is 8.42 Å². The molecule has 0 saturated carbocycles. The Bertz CT molecular complexity index is 472. The second-order valence-corrected chi connectivity index (χ2v) is 8.04. The van der Waals surface area contributed by atoms with Crippen LogP contribution in [0.5, 0.6) is 0 Å². The number of piperidine rings is 1. The van der Waals surface area contributed by atoms with Gasteiger partial charge in [0.15, 0.2) is 0 Å². The lowest BCUT2D eigenvalue weighted by Crippen LogP contribution is -2.53. The van der Waals surface area contributed by atoms with E-state index in [1.54, 1.807) is 0 Å². The largest absolute Gasteiger partial charge is 0.340 e. The number of rotatable bonds is 5. The molecule has 0 spiro atoms. The second kappa shape index (κ2) is 8.47. The first kappa shape index (κ1) is 19.7. The van der Waals surface area contributed by atoms with Gasteiger partial charge in [0.2, 0.25) is 15.9 Å². The number of amides is 1. The van der Waals surface area contributed by atoms with Crippen LogP contribution < -0.4 is 5.32 Å². The molecule has 0 radical (unpaired) electrons. The van der Waals surface area contributed by atoms with Gasteiger partial charge < -0.3 is 10.2 Å². The molecule has 8 heteroatoms. The Morgan fingerprint density at radius 1 is 1.23 bits per heavy atom. The Morgan fingerprint density at radius 3 is 2.55 bits per heavy atom. The van der Waals surface area contributed by atoms with Crippen LogP contribution in [-0.4, -0.2) is 68.0 Å². The third-order valence-corrected chi connectivity index (χ3v) is 6.53. The summed E-state index contributed by atoms with van der Waals surface area (Å²) in [6.07, 6.45) is 4.07. The quantitative estimate of drug-likeness (QED) is 0.794. The van der Waals surface area contributed by atoms with Gasteiger partial charge in [0.25, 0.3) is 0 Å². The molecule has 2 rings (SSSR count). The van der Waals surface area contributed by atoms with Crippen LogP contribution in [0.3, 0.4) is 0 Å². The molecule has 0 aromatic heterocycles. The van der Waals surface area contributed by atoms with Crippen molar-refractivity contribution >= 4 is 28.3 Å². The number of carbonyl (C=O) groups is 1. The molecule has 0 bridgehead atoms. The maximum absolute atomic E-state index is 12.7. The van der Waals surface area contributed by atoms with Gasteiger partial charge in [0.1, 0.15) is 6.04 Å². The predicted molar refractivity (Wildman–Crippen MR) is 89.7 cm³/mol. The lowest BCUT2D eigenvalue weighted by atomic mass is 10.0. The number of nitrogens with one attached hydrogen (secondary N) is 1. The van der Waals surface area contributed by atoms with Gasteiger partial charge in [-0.2, -0.15) is 4.31 Å². The van der Waals surface area contributed by atoms with E-state index in [-0.39, 0.29) is 24.1 Å². The van der Waals surface area contributed by atoms with Crippen molar-refractivity contribution in [1.29, 1.82) is 0 Å². The van der Waals surface area contributed by atoms with Gasteiger partial charge in [0.05, 0.1) is 5.75 Å². The van der Waals surface area contributed by atoms with Crippen LogP contribution in [-0.2, 0) is 14.8 Å². The molecule has 130 valence electrons. The van der Waals surface area contributed by atoms with Crippen molar-refractivity contribution < 1.29 is 13.2 Å². The van der Waals surface area contributed by atoms with E-state index >= 15 is 0 Å². The molecule has 0 aromatic carbocycles. The van der Waals surface area contributed by atoms with E-state index in [1.807, 2.05) is 18.9 Å². The van der Waals surface area contributed by atoms with Crippen LogP contribution in [0.4, 0.5) is 0 Å². The molecule has 2 fully saturated rings. The van der Waals surface area contributed by atoms with Gasteiger partial charge in [0, 0.05) is 25.7 Å². The molecule has 2 heterocycles. The van der Waals surface area contributed by atoms with Crippen LogP contribution in [0.2, 0.25) is 0 Å². The zero-order chi connectivity index (χ0) is 15.5. The Kier molecular flexibility index (Phi) is 7.58. The van der Waals surface area contributed by atoms with E-state index in [9.17, 15) is 13.2 Å². The zero-order valence-electron chi connectivity index (χ0n) is 13.5. The van der Waals surface area contributed by atoms with Crippen LogP contribution >= 0.6 is 12.4 Å². The lowest BCUT2D eigenvalue weighted by molar-refractivity contribution is -0.136. The number of halogens is 1. The molecule has 22 heavy (non-hydrogen) atoms. The van der Waals surface area contributed by atoms with Crippen LogP contribution in [0.25, 0.3) is 0 Å². The van der Waals surface area contributed by atoms with Crippen molar-refractivity contribution in [3.05, 3.63) is 0 Å². The molecule has 2 aliphatic heterocycles. The minimum Gasteiger partial charge on any atom is -0.340 e. The molecule has 1 N–H and O–H groups in total. The summed E-state index contributed by atoms with van der Waals surface area (Å²) >= 11 is 0. The highest BCUT2D eigenvalue weighted by Gasteiger charge is 2.40. The van der Waals surface area contributed by atoms with Crippen molar-refractivity contribution in [1.82, 2.24) is 14.5 Å². The maximum Gasteiger partial charge on any atom is 0.241 e. The van der Waals surface area contributed by atoms with E-state index in [0.29, 0.717) is 32.0 Å². The SMILES string of the molecule is CCCS(=O)(=O)N1CCCC1C(=O)N1CCCC(NC)C1.Cl. The van der Waals surface area contributed by atoms with Crippen molar-refractivity contribution in [3.63, 3.8) is 0 Å². The summed E-state index contributed by atoms with van der Waals surface area (Å²) in [6.45, 7) is 3.78. The number of likely N-dealkylation sites (tertiary alicyclic amines) is 1. The fraction of sp³-hybridized carbons (Fsp3) is 0.929. The van der Waals surface area contributed by atoms with Crippen molar-refractivity contribution in [2.24, 2.45) is 0 Å². The van der Waals surface area contributed by atoms with Gasteiger partial charge >= 0.3 is 0 Å². The molecular formula is C14H28ClN3O3S. The Labute approximate surface area is 140 Å². The molecular weight excluding hydrogens is 326 g/mol. The standard InChI is InChI=1S/C14H27N3O3S.ClH/c1-3-10-21(19,20)17-9-5-7-13(17)14(18)16-8-4-6-12(11-16)15-2;/h12-13,15H,3-11H2,1-2H3;1H. The second-order valence-electron chi connectivity index (χ2n) is 6.00. The van der Waals surface area contributed by atoms with E-state index < -0.39 is 16.1 Å². The Hall–Kier alpha value is -0.370. The Balaban J connectivity index is 0.00000242. The average Bonchev–Trinajstić information content (AvgIpc) is 2.97. The first-order valence-corrected chi connectivity index (χ1v) is 9.56. The van der Waals surface area contributed by atoms with E-state index in [2.05, 4.69) is 5.32 Å². The van der Waals surface area contributed by atoms with E-state index in [0.717, 1.165) is 25.8 Å². The highest BCUT2D eigenvalue weighted by atomic mass is 35.5. The van der Waals surface area contributed by atoms with E-state index in [1.165, 1.54) is 4.31 Å². The summed E-state index contributed by atoms with van der Waals surface area (Å²) in [7, 11) is -1.38. The van der Waals surface area contributed by atoms with Crippen LogP contribution in [0.1, 0.15) is 39.0 Å². The lowest BCUT2D eigenvalue weighted by Gasteiger charge is -2.35. The minimum atomic E-state index is -3.29. The number of likely N-dealkylation sites (N-methyl/N-ethyl adjacent to an activating group) is 1. The number of sulfonamides is 1. The molecule has 2 saturated heterocycles. The smallest absolute Gasteiger partial charge is 0.241 e. The van der Waals surface area contributed by atoms with Gasteiger partial charge in [-0.05, 0) is 39.2 Å². The highest BCUT2D eigenvalue weighted by Crippen LogP contribution is 2.24. The predicted octanol–water partition coefficient (Wildman–Crippen LogP) is 0.823. The highest BCUT2D eigenvalue weighted by molar-refractivity contribution is 7.89. The van der Waals surface area contributed by atoms with Gasteiger partial charge in [-0.1, -0.05) is 6.92 Å². The van der Waals surface area contributed by atoms with Crippen molar-refractivity contribution in [2.75, 3.05) is 32.4 Å². The average molecular weight is 354 g/mol. The normalized spacial score (nSPS) is 26.7. The molecule has 2 unspecified atom stereocenters. The molecule has 2 atom stereocenters. The van der Waals surface area contributed by atoms with Crippen molar-refractivity contribution in [3.8, 4) is 0 Å². The maximum atomic E-state index is 12.7. The third-order valence-electron chi connectivity index (χ3n) is 4.45. The third kappa shape index (κ3) is 4.34. The zero-order valence-corrected chi connectivity index (χ0v) is 15.1. The number of hydrogen-bond donors (Lipinski definition) is 1. The molecule has 0 aromatic rings. The first-order valence-electron chi connectivity index (χ1n) is 7.95. The topological polar surface area (TPSA) is 69.7 Å². The monoisotopic (exact) mass is 353 g/mol. The van der Waals surface area contributed by atoms with Crippen LogP contribution in [0, 0.1) is 0 Å². The molecule has 0 aliphatic carbocycles. The molecule has 2 aliphatic rings. The van der Waals surface area contributed by atoms with Gasteiger partial charge in [-0.3, -0.25) is 4.79 Å². The van der Waals surface area contributed by atoms with E-state index in [4.69, 9.17) is 0 Å². The first-order chi connectivity index (χ1) is 9.99. The van der Waals surface area contributed by atoms with Gasteiger partial charge in [-0.15, -0.1) is 12.4 Å². The number of hydrogen-bond acceptors (Lipinski definition) is 4. The summed E-state index contributed by atoms with van der Waals surface area (Å²) < 4.78 is 26.0. The number of nitrogens with zero attached hydrogens (tertiary/aromatic N) is 2. The summed E-state index contributed by atoms with van der Waals surface area (Å²) in [5, 5.41) is 3.22. The fourth-order valence-corrected chi connectivity index (χ4v) is 5.06. The summed E-state index contributed by atoms with van der Waals surface area (Å²) in [6, 6.07) is -0.151. The van der Waals surface area contributed by atoms with Crippen LogP contribution in [0.15, 0.2) is 0 Å². The summed E-state index contributed by atoms with van der Waals surface area (Å²) in [4.78, 5) is 14.6. The fourth-order valence-electron chi connectivity index (χ4n) is 3.32. The summed E-state index contributed by atoms with van der Waals surface area (Å²) in [5.41, 5.74) is 0. The summed E-state index contributed by atoms with van der Waals surface area (Å²) in [5.74, 6) is 0.128. The van der Waals surface area contributed by atoms with Crippen molar-refractivity contribution in [2.45, 2.75) is 51.1 Å². The molecule has 1 amide bonds.